The number of ether oxygens (including phenoxy) is 1. The topological polar surface area (TPSA) is 65.3 Å². The Hall–Kier alpha value is -1.36. The van der Waals surface area contributed by atoms with Crippen LogP contribution in [0.1, 0.15) is 6.92 Å². The maximum atomic E-state index is 10.5. The SMILES string of the molecule is CCOc1ncc(Cl)cc1[N+](=O)[O-]. The molecule has 0 aliphatic carbocycles. The van der Waals surface area contributed by atoms with Crippen molar-refractivity contribution in [2.75, 3.05) is 6.61 Å². The number of aromatic nitrogens is 1. The van der Waals surface area contributed by atoms with E-state index in [1.165, 1.54) is 12.3 Å². The van der Waals surface area contributed by atoms with E-state index in [1.807, 2.05) is 0 Å². The molecule has 6 heteroatoms. The zero-order valence-electron chi connectivity index (χ0n) is 6.86. The minimum atomic E-state index is -0.579. The third-order valence-electron chi connectivity index (χ3n) is 1.28. The smallest absolute Gasteiger partial charge is 0.332 e. The molecule has 0 saturated heterocycles. The van der Waals surface area contributed by atoms with E-state index in [9.17, 15) is 10.1 Å². The number of nitrogens with zero attached hydrogens (tertiary/aromatic N) is 2. The van der Waals surface area contributed by atoms with E-state index in [0.29, 0.717) is 6.61 Å². The van der Waals surface area contributed by atoms with Gasteiger partial charge in [-0.1, -0.05) is 11.6 Å². The summed E-state index contributed by atoms with van der Waals surface area (Å²) in [6, 6.07) is 1.21. The van der Waals surface area contributed by atoms with Gasteiger partial charge in [-0.3, -0.25) is 10.1 Å². The Labute approximate surface area is 79.5 Å². The lowest BCUT2D eigenvalue weighted by Gasteiger charge is -2.01. The van der Waals surface area contributed by atoms with Gasteiger partial charge >= 0.3 is 5.69 Å². The van der Waals surface area contributed by atoms with Gasteiger partial charge in [0.05, 0.1) is 22.7 Å². The Kier molecular flexibility index (Phi) is 3.02. The summed E-state index contributed by atoms with van der Waals surface area (Å²) >= 11 is 5.54. The predicted molar refractivity (Wildman–Crippen MR) is 47.1 cm³/mol. The molecule has 0 radical (unpaired) electrons. The van der Waals surface area contributed by atoms with Crippen molar-refractivity contribution in [3.8, 4) is 5.88 Å². The fraction of sp³-hybridized carbons (Fsp3) is 0.286. The van der Waals surface area contributed by atoms with Crippen molar-refractivity contribution < 1.29 is 9.66 Å². The average Bonchev–Trinajstić information content (AvgIpc) is 2.08. The van der Waals surface area contributed by atoms with E-state index in [-0.39, 0.29) is 16.6 Å². The summed E-state index contributed by atoms with van der Waals surface area (Å²) in [6.45, 7) is 2.05. The molecular formula is C7H7ClN2O3. The lowest BCUT2D eigenvalue weighted by atomic mass is 10.4. The molecule has 0 N–H and O–H groups in total. The molecule has 1 heterocycles. The van der Waals surface area contributed by atoms with Crippen LogP contribution < -0.4 is 4.74 Å². The fourth-order valence-electron chi connectivity index (χ4n) is 0.795. The van der Waals surface area contributed by atoms with Gasteiger partial charge in [-0.15, -0.1) is 0 Å². The summed E-state index contributed by atoms with van der Waals surface area (Å²) < 4.78 is 4.94. The van der Waals surface area contributed by atoms with Crippen LogP contribution in [-0.2, 0) is 0 Å². The lowest BCUT2D eigenvalue weighted by Crippen LogP contribution is -1.99. The Morgan fingerprint density at radius 3 is 3.00 bits per heavy atom. The van der Waals surface area contributed by atoms with Gasteiger partial charge in [0, 0.05) is 6.07 Å². The highest BCUT2D eigenvalue weighted by molar-refractivity contribution is 6.30. The van der Waals surface area contributed by atoms with E-state index in [0.717, 1.165) is 0 Å². The van der Waals surface area contributed by atoms with Gasteiger partial charge < -0.3 is 4.74 Å². The molecule has 0 bridgehead atoms. The third kappa shape index (κ3) is 2.29. The first-order chi connectivity index (χ1) is 6.15. The predicted octanol–water partition coefficient (Wildman–Crippen LogP) is 2.04. The molecule has 1 rings (SSSR count). The molecule has 0 atom stereocenters. The summed E-state index contributed by atoms with van der Waals surface area (Å²) in [4.78, 5) is 13.6. The zero-order chi connectivity index (χ0) is 9.84. The molecule has 0 aliphatic rings. The standard InChI is InChI=1S/C7H7ClN2O3/c1-2-13-7-6(10(11)12)3-5(8)4-9-7/h3-4H,2H2,1H3. The zero-order valence-corrected chi connectivity index (χ0v) is 7.61. The molecule has 0 aliphatic heterocycles. The van der Waals surface area contributed by atoms with Gasteiger partial charge in [0.25, 0.3) is 5.88 Å². The monoisotopic (exact) mass is 202 g/mol. The second-order valence-electron chi connectivity index (χ2n) is 2.17. The number of rotatable bonds is 3. The molecule has 0 saturated carbocycles. The summed E-state index contributed by atoms with van der Waals surface area (Å²) in [5.41, 5.74) is -0.214. The molecule has 1 aromatic heterocycles. The Bertz CT molecular complexity index is 330. The second kappa shape index (κ2) is 4.04. The molecule has 0 unspecified atom stereocenters. The molecule has 0 spiro atoms. The van der Waals surface area contributed by atoms with Crippen LogP contribution in [0.2, 0.25) is 5.02 Å². The molecule has 13 heavy (non-hydrogen) atoms. The highest BCUT2D eigenvalue weighted by Crippen LogP contribution is 2.26. The van der Waals surface area contributed by atoms with E-state index in [1.54, 1.807) is 6.92 Å². The van der Waals surface area contributed by atoms with Crippen molar-refractivity contribution in [1.82, 2.24) is 4.98 Å². The van der Waals surface area contributed by atoms with Gasteiger partial charge in [0.1, 0.15) is 0 Å². The van der Waals surface area contributed by atoms with Gasteiger partial charge in [-0.05, 0) is 6.92 Å². The number of halogens is 1. The van der Waals surface area contributed by atoms with Crippen molar-refractivity contribution in [3.05, 3.63) is 27.4 Å². The van der Waals surface area contributed by atoms with Gasteiger partial charge in [-0.25, -0.2) is 4.98 Å². The molecule has 1 aromatic rings. The number of nitro groups is 1. The van der Waals surface area contributed by atoms with Crippen LogP contribution in [0.5, 0.6) is 5.88 Å². The van der Waals surface area contributed by atoms with Crippen LogP contribution in [0.3, 0.4) is 0 Å². The van der Waals surface area contributed by atoms with Crippen molar-refractivity contribution in [3.63, 3.8) is 0 Å². The van der Waals surface area contributed by atoms with Crippen LogP contribution in [0.25, 0.3) is 0 Å². The first-order valence-electron chi connectivity index (χ1n) is 3.58. The van der Waals surface area contributed by atoms with E-state index < -0.39 is 4.92 Å². The van der Waals surface area contributed by atoms with Crippen LogP contribution in [-0.4, -0.2) is 16.5 Å². The van der Waals surface area contributed by atoms with E-state index in [2.05, 4.69) is 4.98 Å². The first kappa shape index (κ1) is 9.73. The molecular weight excluding hydrogens is 196 g/mol. The fourth-order valence-corrected chi connectivity index (χ4v) is 0.947. The van der Waals surface area contributed by atoms with E-state index in [4.69, 9.17) is 16.3 Å². The average molecular weight is 203 g/mol. The van der Waals surface area contributed by atoms with Gasteiger partial charge in [-0.2, -0.15) is 0 Å². The normalized spacial score (nSPS) is 9.69. The number of pyridine rings is 1. The maximum absolute atomic E-state index is 10.5. The van der Waals surface area contributed by atoms with Crippen molar-refractivity contribution >= 4 is 17.3 Å². The minimum Gasteiger partial charge on any atom is -0.473 e. The van der Waals surface area contributed by atoms with Gasteiger partial charge in [0.2, 0.25) is 0 Å². The quantitative estimate of drug-likeness (QED) is 0.556. The minimum absolute atomic E-state index is 0.00287. The lowest BCUT2D eigenvalue weighted by molar-refractivity contribution is -0.386. The van der Waals surface area contributed by atoms with Crippen molar-refractivity contribution in [2.45, 2.75) is 6.92 Å². The van der Waals surface area contributed by atoms with Crippen LogP contribution in [0, 0.1) is 10.1 Å². The summed E-state index contributed by atoms with van der Waals surface area (Å²) in [6.07, 6.45) is 1.31. The Morgan fingerprint density at radius 2 is 2.46 bits per heavy atom. The van der Waals surface area contributed by atoms with Crippen LogP contribution in [0.4, 0.5) is 5.69 Å². The number of hydrogen-bond acceptors (Lipinski definition) is 4. The Balaban J connectivity index is 3.10. The Morgan fingerprint density at radius 1 is 1.77 bits per heavy atom. The highest BCUT2D eigenvalue weighted by Gasteiger charge is 2.16. The van der Waals surface area contributed by atoms with Crippen molar-refractivity contribution in [2.24, 2.45) is 0 Å². The van der Waals surface area contributed by atoms with Gasteiger partial charge in [0.15, 0.2) is 0 Å². The second-order valence-corrected chi connectivity index (χ2v) is 2.60. The molecule has 0 aromatic carbocycles. The summed E-state index contributed by atoms with van der Waals surface area (Å²) in [5.74, 6) is -0.00287. The highest BCUT2D eigenvalue weighted by atomic mass is 35.5. The molecule has 0 fully saturated rings. The molecule has 0 amide bonds. The first-order valence-corrected chi connectivity index (χ1v) is 3.95. The maximum Gasteiger partial charge on any atom is 0.332 e. The van der Waals surface area contributed by atoms with E-state index >= 15 is 0 Å². The summed E-state index contributed by atoms with van der Waals surface area (Å²) in [5, 5.41) is 10.7. The van der Waals surface area contributed by atoms with Crippen molar-refractivity contribution in [1.29, 1.82) is 0 Å². The molecule has 5 nitrogen and oxygen atoms in total. The van der Waals surface area contributed by atoms with Crippen LogP contribution in [0.15, 0.2) is 12.3 Å². The van der Waals surface area contributed by atoms with Crippen LogP contribution >= 0.6 is 11.6 Å². The third-order valence-corrected chi connectivity index (χ3v) is 1.48. The summed E-state index contributed by atoms with van der Waals surface area (Å²) in [7, 11) is 0. The largest absolute Gasteiger partial charge is 0.473 e. The number of hydrogen-bond donors (Lipinski definition) is 0. The molecule has 70 valence electrons.